The molecule has 1 aromatic rings. The number of hydrogen-bond acceptors (Lipinski definition) is 5. The standard InChI is InChI=1S/C13H16N2O5S/c1-13(6-7-21(19,20)9-13)14-12(16)8-10-4-2-3-5-11(10)15(17)18/h2-5H,6-9H2,1H3,(H,14,16)/t13-/m0/s1. The average molecular weight is 312 g/mol. The number of carbonyl (C=O) groups is 1. The number of para-hydroxylation sites is 1. The molecule has 0 bridgehead atoms. The maximum absolute atomic E-state index is 12.0. The van der Waals surface area contributed by atoms with Crippen LogP contribution in [0.5, 0.6) is 0 Å². The van der Waals surface area contributed by atoms with Gasteiger partial charge in [0.25, 0.3) is 5.69 Å². The van der Waals surface area contributed by atoms with Crippen LogP contribution in [-0.2, 0) is 21.1 Å². The van der Waals surface area contributed by atoms with E-state index in [0.717, 1.165) is 0 Å². The Morgan fingerprint density at radius 2 is 2.10 bits per heavy atom. The maximum Gasteiger partial charge on any atom is 0.273 e. The molecule has 7 nitrogen and oxygen atoms in total. The van der Waals surface area contributed by atoms with E-state index in [9.17, 15) is 23.3 Å². The summed E-state index contributed by atoms with van der Waals surface area (Å²) in [5.74, 6) is -0.457. The van der Waals surface area contributed by atoms with Gasteiger partial charge in [-0.25, -0.2) is 8.42 Å². The predicted octanol–water partition coefficient (Wildman–Crippen LogP) is 0.831. The van der Waals surface area contributed by atoms with Gasteiger partial charge < -0.3 is 5.32 Å². The van der Waals surface area contributed by atoms with E-state index >= 15 is 0 Å². The highest BCUT2D eigenvalue weighted by Crippen LogP contribution is 2.24. The maximum atomic E-state index is 12.0. The van der Waals surface area contributed by atoms with Gasteiger partial charge in [0, 0.05) is 11.6 Å². The summed E-state index contributed by atoms with van der Waals surface area (Å²) in [6, 6.07) is 6.01. The summed E-state index contributed by atoms with van der Waals surface area (Å²) >= 11 is 0. The minimum Gasteiger partial charge on any atom is -0.350 e. The molecule has 1 fully saturated rings. The van der Waals surface area contributed by atoms with Crippen LogP contribution in [0.4, 0.5) is 5.69 Å². The van der Waals surface area contributed by atoms with Gasteiger partial charge in [-0.3, -0.25) is 14.9 Å². The second-order valence-electron chi connectivity index (χ2n) is 5.51. The second kappa shape index (κ2) is 5.44. The molecule has 1 saturated heterocycles. The highest BCUT2D eigenvalue weighted by Gasteiger charge is 2.39. The summed E-state index contributed by atoms with van der Waals surface area (Å²) in [5, 5.41) is 13.6. The molecule has 1 heterocycles. The molecule has 0 radical (unpaired) electrons. The third-order valence-corrected chi connectivity index (χ3v) is 5.39. The summed E-state index contributed by atoms with van der Waals surface area (Å²) in [4.78, 5) is 22.4. The van der Waals surface area contributed by atoms with Gasteiger partial charge in [-0.15, -0.1) is 0 Å². The van der Waals surface area contributed by atoms with Crippen molar-refractivity contribution < 1.29 is 18.1 Å². The van der Waals surface area contributed by atoms with Gasteiger partial charge in [-0.05, 0) is 13.3 Å². The SMILES string of the molecule is C[C@]1(NC(=O)Cc2ccccc2[N+](=O)[O-])CCS(=O)(=O)C1. The molecular weight excluding hydrogens is 296 g/mol. The monoisotopic (exact) mass is 312 g/mol. The fourth-order valence-electron chi connectivity index (χ4n) is 2.50. The molecule has 0 spiro atoms. The van der Waals surface area contributed by atoms with Crippen LogP contribution in [0.25, 0.3) is 0 Å². The van der Waals surface area contributed by atoms with Gasteiger partial charge in [0.15, 0.2) is 9.84 Å². The fourth-order valence-corrected chi connectivity index (χ4v) is 4.59. The van der Waals surface area contributed by atoms with Crippen molar-refractivity contribution >= 4 is 21.4 Å². The average Bonchev–Trinajstić information content (AvgIpc) is 2.63. The number of hydrogen-bond donors (Lipinski definition) is 1. The van der Waals surface area contributed by atoms with Gasteiger partial charge in [-0.1, -0.05) is 18.2 Å². The molecule has 1 aromatic carbocycles. The second-order valence-corrected chi connectivity index (χ2v) is 7.70. The number of nitrogens with one attached hydrogen (secondary N) is 1. The molecule has 0 aliphatic carbocycles. The molecule has 0 saturated carbocycles. The summed E-state index contributed by atoms with van der Waals surface area (Å²) < 4.78 is 23.0. The molecule has 8 heteroatoms. The minimum atomic E-state index is -3.12. The summed E-state index contributed by atoms with van der Waals surface area (Å²) in [6.45, 7) is 1.68. The zero-order valence-electron chi connectivity index (χ0n) is 11.5. The van der Waals surface area contributed by atoms with Crippen molar-refractivity contribution in [3.8, 4) is 0 Å². The molecule has 1 amide bonds. The number of sulfone groups is 1. The van der Waals surface area contributed by atoms with Crippen molar-refractivity contribution in [3.63, 3.8) is 0 Å². The Morgan fingerprint density at radius 1 is 1.43 bits per heavy atom. The molecule has 2 rings (SSSR count). The third-order valence-electron chi connectivity index (χ3n) is 3.48. The van der Waals surface area contributed by atoms with Crippen molar-refractivity contribution in [2.45, 2.75) is 25.3 Å². The third kappa shape index (κ3) is 3.78. The molecular formula is C13H16N2O5S. The lowest BCUT2D eigenvalue weighted by Gasteiger charge is -2.23. The first-order chi connectivity index (χ1) is 9.71. The zero-order chi connectivity index (χ0) is 15.7. The van der Waals surface area contributed by atoms with Crippen molar-refractivity contribution in [2.24, 2.45) is 0 Å². The number of amides is 1. The van der Waals surface area contributed by atoms with Gasteiger partial charge in [0.05, 0.1) is 28.4 Å². The molecule has 0 aromatic heterocycles. The van der Waals surface area contributed by atoms with E-state index in [2.05, 4.69) is 5.32 Å². The van der Waals surface area contributed by atoms with Crippen molar-refractivity contribution in [3.05, 3.63) is 39.9 Å². The van der Waals surface area contributed by atoms with Gasteiger partial charge in [0.2, 0.25) is 5.91 Å². The minimum absolute atomic E-state index is 0.0509. The van der Waals surface area contributed by atoms with E-state index in [1.165, 1.54) is 18.2 Å². The Labute approximate surface area is 122 Å². The van der Waals surface area contributed by atoms with Crippen LogP contribution in [0.1, 0.15) is 18.9 Å². The van der Waals surface area contributed by atoms with Crippen LogP contribution in [0.2, 0.25) is 0 Å². The predicted molar refractivity (Wildman–Crippen MR) is 76.6 cm³/mol. The quantitative estimate of drug-likeness (QED) is 0.654. The van der Waals surface area contributed by atoms with Crippen LogP contribution < -0.4 is 5.32 Å². The van der Waals surface area contributed by atoms with E-state index in [4.69, 9.17) is 0 Å². The highest BCUT2D eigenvalue weighted by molar-refractivity contribution is 7.91. The smallest absolute Gasteiger partial charge is 0.273 e. The molecule has 1 aliphatic heterocycles. The number of nitrogens with zero attached hydrogens (tertiary/aromatic N) is 1. The normalized spacial score (nSPS) is 23.7. The van der Waals surface area contributed by atoms with E-state index in [-0.39, 0.29) is 23.6 Å². The topological polar surface area (TPSA) is 106 Å². The van der Waals surface area contributed by atoms with E-state index < -0.39 is 26.2 Å². The lowest BCUT2D eigenvalue weighted by Crippen LogP contribution is -2.47. The zero-order valence-corrected chi connectivity index (χ0v) is 12.4. The first-order valence-electron chi connectivity index (χ1n) is 6.45. The number of benzene rings is 1. The molecule has 1 N–H and O–H groups in total. The Bertz CT molecular complexity index is 686. The van der Waals surface area contributed by atoms with Crippen molar-refractivity contribution in [1.82, 2.24) is 5.32 Å². The Morgan fingerprint density at radius 3 is 2.67 bits per heavy atom. The van der Waals surface area contributed by atoms with Crippen LogP contribution >= 0.6 is 0 Å². The largest absolute Gasteiger partial charge is 0.350 e. The highest BCUT2D eigenvalue weighted by atomic mass is 32.2. The first-order valence-corrected chi connectivity index (χ1v) is 8.27. The Kier molecular flexibility index (Phi) is 3.99. The molecule has 21 heavy (non-hydrogen) atoms. The van der Waals surface area contributed by atoms with Gasteiger partial charge in [0.1, 0.15) is 0 Å². The van der Waals surface area contributed by atoms with E-state index in [1.54, 1.807) is 13.0 Å². The fraction of sp³-hybridized carbons (Fsp3) is 0.462. The number of carbonyl (C=O) groups excluding carboxylic acids is 1. The number of nitro benzene ring substituents is 1. The molecule has 114 valence electrons. The van der Waals surface area contributed by atoms with E-state index in [0.29, 0.717) is 12.0 Å². The van der Waals surface area contributed by atoms with Crippen molar-refractivity contribution in [1.29, 1.82) is 0 Å². The van der Waals surface area contributed by atoms with Crippen LogP contribution in [0.15, 0.2) is 24.3 Å². The van der Waals surface area contributed by atoms with Gasteiger partial charge >= 0.3 is 0 Å². The summed E-state index contributed by atoms with van der Waals surface area (Å²) in [5.41, 5.74) is -0.597. The lowest BCUT2D eigenvalue weighted by atomic mass is 10.0. The van der Waals surface area contributed by atoms with Gasteiger partial charge in [-0.2, -0.15) is 0 Å². The van der Waals surface area contributed by atoms with E-state index in [1.807, 2.05) is 0 Å². The molecule has 1 aliphatic rings. The Hall–Kier alpha value is -1.96. The van der Waals surface area contributed by atoms with Crippen molar-refractivity contribution in [2.75, 3.05) is 11.5 Å². The number of rotatable bonds is 4. The summed E-state index contributed by atoms with van der Waals surface area (Å²) in [7, 11) is -3.12. The van der Waals surface area contributed by atoms with Crippen LogP contribution in [0.3, 0.4) is 0 Å². The summed E-state index contributed by atoms with van der Waals surface area (Å²) in [6.07, 6.45) is 0.213. The lowest BCUT2D eigenvalue weighted by molar-refractivity contribution is -0.385. The number of nitro groups is 1. The van der Waals surface area contributed by atoms with Crippen LogP contribution in [0, 0.1) is 10.1 Å². The van der Waals surface area contributed by atoms with Crippen LogP contribution in [-0.4, -0.2) is 36.3 Å². The first kappa shape index (κ1) is 15.4. The molecule has 0 unspecified atom stereocenters. The molecule has 1 atom stereocenters. The Balaban J connectivity index is 2.08.